The molecule has 1 aliphatic rings. The molecule has 0 spiro atoms. The summed E-state index contributed by atoms with van der Waals surface area (Å²) in [6, 6.07) is 4.20. The van der Waals surface area contributed by atoms with Crippen LogP contribution in [-0.2, 0) is 0 Å². The van der Waals surface area contributed by atoms with Crippen LogP contribution in [0.15, 0.2) is 30.7 Å². The van der Waals surface area contributed by atoms with Crippen molar-refractivity contribution >= 4 is 11.3 Å². The van der Waals surface area contributed by atoms with E-state index in [1.807, 2.05) is 12.4 Å². The van der Waals surface area contributed by atoms with E-state index in [-0.39, 0.29) is 0 Å². The zero-order valence-electron chi connectivity index (χ0n) is 7.35. The summed E-state index contributed by atoms with van der Waals surface area (Å²) >= 11 is 0. The fraction of sp³-hybridized carbons (Fsp3) is 0.300. The Bertz CT molecular complexity index is 428. The van der Waals surface area contributed by atoms with Crippen molar-refractivity contribution in [1.82, 2.24) is 9.38 Å². The van der Waals surface area contributed by atoms with Gasteiger partial charge in [-0.05, 0) is 18.6 Å². The minimum Gasteiger partial charge on any atom is -0.370 e. The summed E-state index contributed by atoms with van der Waals surface area (Å²) in [6.07, 6.45) is 7.28. The Hall–Kier alpha value is -1.51. The Kier molecular flexibility index (Phi) is 1.33. The third-order valence-electron chi connectivity index (χ3n) is 2.59. The first kappa shape index (κ1) is 6.95. The molecule has 1 saturated heterocycles. The van der Waals surface area contributed by atoms with Crippen molar-refractivity contribution in [2.45, 2.75) is 6.42 Å². The van der Waals surface area contributed by atoms with Crippen molar-refractivity contribution in [1.29, 1.82) is 0 Å². The molecule has 0 radical (unpaired) electrons. The highest BCUT2D eigenvalue weighted by atomic mass is 15.2. The van der Waals surface area contributed by atoms with Crippen molar-refractivity contribution in [2.75, 3.05) is 18.0 Å². The molecule has 0 bridgehead atoms. The second-order valence-electron chi connectivity index (χ2n) is 3.42. The SMILES string of the molecule is c1cn2cc(N3CCC3)ccc2n1. The monoisotopic (exact) mass is 173 g/mol. The quantitative estimate of drug-likeness (QED) is 0.652. The lowest BCUT2D eigenvalue weighted by atomic mass is 10.2. The molecule has 3 heteroatoms. The van der Waals surface area contributed by atoms with Crippen molar-refractivity contribution in [2.24, 2.45) is 0 Å². The molecule has 66 valence electrons. The molecule has 0 saturated carbocycles. The molecule has 0 aliphatic carbocycles. The molecule has 1 aliphatic heterocycles. The smallest absolute Gasteiger partial charge is 0.136 e. The van der Waals surface area contributed by atoms with E-state index >= 15 is 0 Å². The summed E-state index contributed by atoms with van der Waals surface area (Å²) in [6.45, 7) is 2.39. The normalized spacial score (nSPS) is 16.2. The van der Waals surface area contributed by atoms with Crippen LogP contribution >= 0.6 is 0 Å². The van der Waals surface area contributed by atoms with Gasteiger partial charge < -0.3 is 9.30 Å². The van der Waals surface area contributed by atoms with Gasteiger partial charge in [-0.2, -0.15) is 0 Å². The van der Waals surface area contributed by atoms with Gasteiger partial charge in [-0.3, -0.25) is 0 Å². The molecule has 13 heavy (non-hydrogen) atoms. The standard InChI is InChI=1S/C10H11N3/c1-5-12(6-1)9-2-3-10-11-4-7-13(10)8-9/h2-4,7-8H,1,5-6H2. The van der Waals surface area contributed by atoms with Gasteiger partial charge >= 0.3 is 0 Å². The van der Waals surface area contributed by atoms with E-state index in [9.17, 15) is 0 Å². The first-order chi connectivity index (χ1) is 6.43. The summed E-state index contributed by atoms with van der Waals surface area (Å²) < 4.78 is 2.06. The molecule has 0 amide bonds. The lowest BCUT2D eigenvalue weighted by Crippen LogP contribution is -2.37. The first-order valence-electron chi connectivity index (χ1n) is 4.61. The van der Waals surface area contributed by atoms with Gasteiger partial charge in [-0.25, -0.2) is 4.98 Å². The van der Waals surface area contributed by atoms with Crippen LogP contribution in [0.3, 0.4) is 0 Å². The van der Waals surface area contributed by atoms with Gasteiger partial charge in [0.05, 0.1) is 5.69 Å². The molecular weight excluding hydrogens is 162 g/mol. The molecular formula is C10H11N3. The first-order valence-corrected chi connectivity index (χ1v) is 4.61. The van der Waals surface area contributed by atoms with E-state index in [0.29, 0.717) is 0 Å². The van der Waals surface area contributed by atoms with E-state index < -0.39 is 0 Å². The van der Waals surface area contributed by atoms with Crippen molar-refractivity contribution in [3.63, 3.8) is 0 Å². The van der Waals surface area contributed by atoms with Gasteiger partial charge in [0.15, 0.2) is 0 Å². The van der Waals surface area contributed by atoms with Gasteiger partial charge in [0.2, 0.25) is 0 Å². The van der Waals surface area contributed by atoms with Crippen LogP contribution in [0, 0.1) is 0 Å². The summed E-state index contributed by atoms with van der Waals surface area (Å²) in [7, 11) is 0. The summed E-state index contributed by atoms with van der Waals surface area (Å²) in [5.74, 6) is 0. The number of aromatic nitrogens is 2. The Morgan fingerprint density at radius 3 is 2.92 bits per heavy atom. The van der Waals surface area contributed by atoms with E-state index in [4.69, 9.17) is 0 Å². The Labute approximate surface area is 76.6 Å². The summed E-state index contributed by atoms with van der Waals surface area (Å²) in [4.78, 5) is 6.58. The Morgan fingerprint density at radius 1 is 1.23 bits per heavy atom. The second kappa shape index (κ2) is 2.49. The molecule has 2 aromatic rings. The van der Waals surface area contributed by atoms with Gasteiger partial charge in [0.25, 0.3) is 0 Å². The molecule has 3 nitrogen and oxygen atoms in total. The molecule has 3 heterocycles. The third kappa shape index (κ3) is 1.00. The molecule has 3 rings (SSSR count). The highest BCUT2D eigenvalue weighted by molar-refractivity contribution is 5.52. The maximum Gasteiger partial charge on any atom is 0.136 e. The van der Waals surface area contributed by atoms with Crippen LogP contribution < -0.4 is 4.90 Å². The maximum atomic E-state index is 4.21. The molecule has 0 unspecified atom stereocenters. The third-order valence-corrected chi connectivity index (χ3v) is 2.59. The van der Waals surface area contributed by atoms with Crippen LogP contribution in [0.1, 0.15) is 6.42 Å². The van der Waals surface area contributed by atoms with Gasteiger partial charge in [0.1, 0.15) is 5.65 Å². The minimum atomic E-state index is 1.02. The number of rotatable bonds is 1. The van der Waals surface area contributed by atoms with E-state index in [0.717, 1.165) is 5.65 Å². The van der Waals surface area contributed by atoms with E-state index in [1.165, 1.54) is 25.2 Å². The number of anilines is 1. The largest absolute Gasteiger partial charge is 0.370 e. The number of hydrogen-bond acceptors (Lipinski definition) is 2. The average molecular weight is 173 g/mol. The van der Waals surface area contributed by atoms with Crippen LogP contribution in [0.25, 0.3) is 5.65 Å². The maximum absolute atomic E-state index is 4.21. The fourth-order valence-corrected chi connectivity index (χ4v) is 1.67. The molecule has 1 fully saturated rings. The summed E-state index contributed by atoms with van der Waals surface area (Å²) in [5, 5.41) is 0. The number of imidazole rings is 1. The molecule has 2 aromatic heterocycles. The second-order valence-corrected chi connectivity index (χ2v) is 3.42. The van der Waals surface area contributed by atoms with Gasteiger partial charge in [0, 0.05) is 31.7 Å². The number of pyridine rings is 1. The lowest BCUT2D eigenvalue weighted by molar-refractivity contribution is 0.616. The van der Waals surface area contributed by atoms with Crippen LogP contribution in [-0.4, -0.2) is 22.5 Å². The number of fused-ring (bicyclic) bond motifs is 1. The van der Waals surface area contributed by atoms with Gasteiger partial charge in [-0.15, -0.1) is 0 Å². The van der Waals surface area contributed by atoms with Crippen LogP contribution in [0.2, 0.25) is 0 Å². The van der Waals surface area contributed by atoms with Crippen LogP contribution in [0.5, 0.6) is 0 Å². The molecule has 0 N–H and O–H groups in total. The molecule has 0 atom stereocenters. The Balaban J connectivity index is 2.09. The topological polar surface area (TPSA) is 20.5 Å². The zero-order valence-corrected chi connectivity index (χ0v) is 7.35. The summed E-state index contributed by atoms with van der Waals surface area (Å²) in [5.41, 5.74) is 2.32. The fourth-order valence-electron chi connectivity index (χ4n) is 1.67. The minimum absolute atomic E-state index is 1.02. The Morgan fingerprint density at radius 2 is 2.15 bits per heavy atom. The van der Waals surface area contributed by atoms with Crippen molar-refractivity contribution in [3.8, 4) is 0 Å². The zero-order chi connectivity index (χ0) is 8.67. The van der Waals surface area contributed by atoms with Crippen LogP contribution in [0.4, 0.5) is 5.69 Å². The number of hydrogen-bond donors (Lipinski definition) is 0. The van der Waals surface area contributed by atoms with Crippen molar-refractivity contribution in [3.05, 3.63) is 30.7 Å². The van der Waals surface area contributed by atoms with Crippen molar-refractivity contribution < 1.29 is 0 Å². The highest BCUT2D eigenvalue weighted by Crippen LogP contribution is 2.20. The van der Waals surface area contributed by atoms with Gasteiger partial charge in [-0.1, -0.05) is 0 Å². The predicted octanol–water partition coefficient (Wildman–Crippen LogP) is 1.54. The predicted molar refractivity (Wildman–Crippen MR) is 52.0 cm³/mol. The average Bonchev–Trinajstić information content (AvgIpc) is 2.47. The van der Waals surface area contributed by atoms with E-state index in [1.54, 1.807) is 0 Å². The highest BCUT2D eigenvalue weighted by Gasteiger charge is 2.14. The molecule has 0 aromatic carbocycles. The lowest BCUT2D eigenvalue weighted by Gasteiger charge is -2.33. The number of nitrogens with zero attached hydrogens (tertiary/aromatic N) is 3. The van der Waals surface area contributed by atoms with E-state index in [2.05, 4.69) is 32.6 Å².